The van der Waals surface area contributed by atoms with Gasteiger partial charge in [-0.05, 0) is 104 Å². The van der Waals surface area contributed by atoms with Crippen molar-refractivity contribution in [3.05, 3.63) is 65.0 Å². The van der Waals surface area contributed by atoms with Gasteiger partial charge < -0.3 is 9.84 Å². The number of ether oxygens (including phenoxy) is 1. The lowest BCUT2D eigenvalue weighted by atomic mass is 9.47. The normalized spacial score (nSPS) is 35.2. The highest BCUT2D eigenvalue weighted by molar-refractivity contribution is 5.89. The van der Waals surface area contributed by atoms with Crippen molar-refractivity contribution in [1.29, 1.82) is 0 Å². The number of carbonyl (C=O) groups excluding carboxylic acids is 1. The number of aliphatic hydroxyl groups is 1. The number of aliphatic hydroxyl groups excluding tert-OH is 1. The number of aryl methyl sites for hydroxylation is 1. The fourth-order valence-electron chi connectivity index (χ4n) is 8.27. The molecular formula is C31H38N2O3. The summed E-state index contributed by atoms with van der Waals surface area (Å²) in [6, 6.07) is 10.3. The predicted octanol–water partition coefficient (Wildman–Crippen LogP) is 6.28. The van der Waals surface area contributed by atoms with Crippen LogP contribution in [0, 0.1) is 35.5 Å². The fraction of sp³-hybridized carbons (Fsp3) is 0.548. The minimum atomic E-state index is -0.400. The molecule has 0 amide bonds. The van der Waals surface area contributed by atoms with Crippen molar-refractivity contribution in [1.82, 2.24) is 9.78 Å². The number of carbonyl (C=O) groups is 1. The van der Waals surface area contributed by atoms with Gasteiger partial charge in [-0.2, -0.15) is 5.10 Å². The van der Waals surface area contributed by atoms with Crippen LogP contribution in [-0.2, 0) is 4.74 Å². The summed E-state index contributed by atoms with van der Waals surface area (Å²) >= 11 is 0. The van der Waals surface area contributed by atoms with Gasteiger partial charge in [0.15, 0.2) is 5.69 Å². The summed E-state index contributed by atoms with van der Waals surface area (Å²) in [6.45, 7) is 7.00. The zero-order valence-electron chi connectivity index (χ0n) is 22.0. The second-order valence-corrected chi connectivity index (χ2v) is 12.1. The smallest absolute Gasteiger partial charge is 0.358 e. The highest BCUT2D eigenvalue weighted by atomic mass is 16.5. The molecule has 1 N–H and O–H groups in total. The lowest BCUT2D eigenvalue weighted by molar-refractivity contribution is -0.0239. The van der Waals surface area contributed by atoms with Gasteiger partial charge in [0.1, 0.15) is 0 Å². The largest absolute Gasteiger partial charge is 0.464 e. The van der Waals surface area contributed by atoms with E-state index in [2.05, 4.69) is 57.2 Å². The molecule has 0 radical (unpaired) electrons. The van der Waals surface area contributed by atoms with Crippen LogP contribution in [0.25, 0.3) is 11.3 Å². The third-order valence-corrected chi connectivity index (χ3v) is 10.3. The number of methoxy groups -OCH3 is 1. The first kappa shape index (κ1) is 23.7. The van der Waals surface area contributed by atoms with Crippen LogP contribution in [0.1, 0.15) is 80.5 Å². The Bertz CT molecular complexity index is 1260. The van der Waals surface area contributed by atoms with Gasteiger partial charge >= 0.3 is 5.97 Å². The highest BCUT2D eigenvalue weighted by Gasteiger charge is 2.57. The van der Waals surface area contributed by atoms with Crippen molar-refractivity contribution in [2.75, 3.05) is 7.11 Å². The molecule has 0 unspecified atom stereocenters. The lowest BCUT2D eigenvalue weighted by Crippen LogP contribution is -2.49. The summed E-state index contributed by atoms with van der Waals surface area (Å²) < 4.78 is 6.98. The van der Waals surface area contributed by atoms with Crippen molar-refractivity contribution >= 4 is 11.5 Å². The summed E-state index contributed by atoms with van der Waals surface area (Å²) in [5, 5.41) is 15.0. The molecule has 36 heavy (non-hydrogen) atoms. The van der Waals surface area contributed by atoms with Crippen LogP contribution in [0.3, 0.4) is 0 Å². The van der Waals surface area contributed by atoms with Crippen LogP contribution in [0.4, 0.5) is 0 Å². The van der Waals surface area contributed by atoms with Crippen molar-refractivity contribution in [3.63, 3.8) is 0 Å². The molecule has 0 saturated heterocycles. The minimum absolute atomic E-state index is 0.0485. The van der Waals surface area contributed by atoms with Gasteiger partial charge in [-0.25, -0.2) is 9.48 Å². The van der Waals surface area contributed by atoms with E-state index >= 15 is 0 Å². The molecule has 1 heterocycles. The monoisotopic (exact) mass is 486 g/mol. The molecule has 2 saturated carbocycles. The lowest BCUT2D eigenvalue weighted by Gasteiger charge is -2.57. The Hall–Kier alpha value is -2.66. The van der Waals surface area contributed by atoms with Gasteiger partial charge in [-0.15, -0.1) is 0 Å². The van der Waals surface area contributed by atoms with Gasteiger partial charge in [-0.1, -0.05) is 49.3 Å². The molecule has 0 spiro atoms. The number of hydrogen-bond acceptors (Lipinski definition) is 4. The van der Waals surface area contributed by atoms with Gasteiger partial charge in [0.2, 0.25) is 0 Å². The molecule has 6 atom stereocenters. The summed E-state index contributed by atoms with van der Waals surface area (Å²) in [6.07, 6.45) is 12.2. The van der Waals surface area contributed by atoms with E-state index in [1.54, 1.807) is 0 Å². The topological polar surface area (TPSA) is 64.3 Å². The average Bonchev–Trinajstić information content (AvgIpc) is 3.45. The van der Waals surface area contributed by atoms with Crippen LogP contribution in [0.15, 0.2) is 48.1 Å². The second kappa shape index (κ2) is 8.44. The Kier molecular flexibility index (Phi) is 5.56. The number of aromatic nitrogens is 2. The Morgan fingerprint density at radius 1 is 1.06 bits per heavy atom. The number of allylic oxidation sites excluding steroid dienone is 3. The van der Waals surface area contributed by atoms with Crippen molar-refractivity contribution in [2.24, 2.45) is 28.6 Å². The van der Waals surface area contributed by atoms with E-state index < -0.39 is 5.97 Å². The van der Waals surface area contributed by atoms with E-state index in [9.17, 15) is 9.90 Å². The first-order chi connectivity index (χ1) is 17.2. The van der Waals surface area contributed by atoms with Crippen LogP contribution >= 0.6 is 0 Å². The molecule has 4 aliphatic rings. The first-order valence-corrected chi connectivity index (χ1v) is 13.6. The molecule has 190 valence electrons. The number of fused-ring (bicyclic) bond motifs is 5. The zero-order chi connectivity index (χ0) is 25.2. The van der Waals surface area contributed by atoms with Crippen LogP contribution in [0.5, 0.6) is 0 Å². The summed E-state index contributed by atoms with van der Waals surface area (Å²) in [5.41, 5.74) is 6.65. The van der Waals surface area contributed by atoms with E-state index in [0.29, 0.717) is 23.4 Å². The van der Waals surface area contributed by atoms with E-state index in [1.807, 2.05) is 10.7 Å². The van der Waals surface area contributed by atoms with E-state index in [4.69, 9.17) is 9.84 Å². The van der Waals surface area contributed by atoms with E-state index in [0.717, 1.165) is 49.9 Å². The molecule has 0 aliphatic heterocycles. The van der Waals surface area contributed by atoms with Crippen molar-refractivity contribution in [3.8, 4) is 5.69 Å². The molecule has 4 aliphatic carbocycles. The maximum Gasteiger partial charge on any atom is 0.358 e. The number of hydrogen-bond donors (Lipinski definition) is 1. The second-order valence-electron chi connectivity index (χ2n) is 12.1. The summed E-state index contributed by atoms with van der Waals surface area (Å²) in [5.74, 6) is 1.51. The molecule has 2 fully saturated rings. The fourth-order valence-corrected chi connectivity index (χ4v) is 8.27. The van der Waals surface area contributed by atoms with E-state index in [1.165, 1.54) is 30.2 Å². The van der Waals surface area contributed by atoms with Gasteiger partial charge in [0, 0.05) is 0 Å². The first-order valence-electron chi connectivity index (χ1n) is 13.6. The maximum atomic E-state index is 12.5. The van der Waals surface area contributed by atoms with Gasteiger partial charge in [0.25, 0.3) is 0 Å². The van der Waals surface area contributed by atoms with Crippen LogP contribution < -0.4 is 0 Å². The quantitative estimate of drug-likeness (QED) is 0.409. The SMILES string of the molecule is COC(=O)c1cc(C2=CC[C@H]3[C@@H]4CC=C5C[C@@H](O)CC[C@]5(C)[C@H]4CC[C@]23C)n(-c2ccc(C)cc2)n1. The number of rotatable bonds is 3. The standard InChI is InChI=1S/C31H38N2O3/c1-19-5-8-21(9-6-19)33-28(18-27(32-33)29(35)36-4)26-12-11-24-23-10-7-20-17-22(34)13-15-30(20,2)25(23)14-16-31(24,26)3/h5-9,12,18,22-25,34H,10-11,13-17H2,1-4H3/t22-,23-,24-,25-,30-,31-/m0/s1. The Morgan fingerprint density at radius 3 is 2.56 bits per heavy atom. The predicted molar refractivity (Wildman–Crippen MR) is 141 cm³/mol. The molecule has 1 aromatic heterocycles. The van der Waals surface area contributed by atoms with Crippen molar-refractivity contribution in [2.45, 2.75) is 71.8 Å². The molecule has 5 nitrogen and oxygen atoms in total. The van der Waals surface area contributed by atoms with Crippen LogP contribution in [0.2, 0.25) is 0 Å². The number of esters is 1. The van der Waals surface area contributed by atoms with Crippen LogP contribution in [-0.4, -0.2) is 34.1 Å². The Labute approximate surface area is 214 Å². The Morgan fingerprint density at radius 2 is 1.81 bits per heavy atom. The van der Waals surface area contributed by atoms with Gasteiger partial charge in [-0.3, -0.25) is 0 Å². The molecular weight excluding hydrogens is 448 g/mol. The number of nitrogens with zero attached hydrogens (tertiary/aromatic N) is 2. The third-order valence-electron chi connectivity index (χ3n) is 10.3. The molecule has 1 aromatic carbocycles. The summed E-state index contributed by atoms with van der Waals surface area (Å²) in [7, 11) is 1.41. The highest BCUT2D eigenvalue weighted by Crippen LogP contribution is 2.66. The third kappa shape index (κ3) is 3.46. The average molecular weight is 487 g/mol. The number of benzene rings is 1. The molecule has 5 heteroatoms. The zero-order valence-corrected chi connectivity index (χ0v) is 22.0. The van der Waals surface area contributed by atoms with Crippen molar-refractivity contribution < 1.29 is 14.6 Å². The van der Waals surface area contributed by atoms with Gasteiger partial charge in [0.05, 0.1) is 24.6 Å². The summed E-state index contributed by atoms with van der Waals surface area (Å²) in [4.78, 5) is 12.5. The Balaban J connectivity index is 1.38. The maximum absolute atomic E-state index is 12.5. The van der Waals surface area contributed by atoms with E-state index in [-0.39, 0.29) is 16.9 Å². The molecule has 0 bridgehead atoms. The molecule has 6 rings (SSSR count). The molecule has 2 aromatic rings. The minimum Gasteiger partial charge on any atom is -0.464 e.